The van der Waals surface area contributed by atoms with Crippen LogP contribution in [0.25, 0.3) is 0 Å². The molecule has 1 aromatic carbocycles. The highest BCUT2D eigenvalue weighted by atomic mass is 32.2. The second kappa shape index (κ2) is 7.40. The number of thioether (sulfide) groups is 1. The molecule has 4 nitrogen and oxygen atoms in total. The summed E-state index contributed by atoms with van der Waals surface area (Å²) in [7, 11) is 0. The number of anilines is 1. The van der Waals surface area contributed by atoms with E-state index in [1.165, 1.54) is 11.8 Å². The van der Waals surface area contributed by atoms with Gasteiger partial charge < -0.3 is 5.32 Å². The largest absolute Gasteiger partial charge is 0.325 e. The van der Waals surface area contributed by atoms with Crippen molar-refractivity contribution in [1.82, 2.24) is 9.97 Å². The highest BCUT2D eigenvalue weighted by Gasteiger charge is 2.18. The van der Waals surface area contributed by atoms with E-state index in [0.717, 1.165) is 16.8 Å². The van der Waals surface area contributed by atoms with Crippen molar-refractivity contribution in [2.45, 2.75) is 44.0 Å². The molecular weight excluding hydrogens is 294 g/mol. The van der Waals surface area contributed by atoms with Crippen LogP contribution in [0.5, 0.6) is 0 Å². The summed E-state index contributed by atoms with van der Waals surface area (Å²) >= 11 is 1.36. The third kappa shape index (κ3) is 4.07. The van der Waals surface area contributed by atoms with Crippen molar-refractivity contribution in [1.29, 1.82) is 0 Å². The Hall–Kier alpha value is -1.88. The van der Waals surface area contributed by atoms with Crippen LogP contribution >= 0.6 is 11.8 Å². The number of rotatable bonds is 5. The minimum Gasteiger partial charge on any atom is -0.325 e. The third-order valence-corrected chi connectivity index (χ3v) is 4.36. The monoisotopic (exact) mass is 315 g/mol. The molecule has 1 atom stereocenters. The summed E-state index contributed by atoms with van der Waals surface area (Å²) in [5.41, 5.74) is 3.15. The molecule has 116 valence electrons. The topological polar surface area (TPSA) is 54.9 Å². The first kappa shape index (κ1) is 16.5. The van der Waals surface area contributed by atoms with Crippen LogP contribution in [0, 0.1) is 6.92 Å². The van der Waals surface area contributed by atoms with Gasteiger partial charge in [-0.3, -0.25) is 4.79 Å². The molecule has 0 spiro atoms. The van der Waals surface area contributed by atoms with E-state index < -0.39 is 0 Å². The number of carbonyl (C=O) groups excluding carboxylic acids is 1. The summed E-state index contributed by atoms with van der Waals surface area (Å²) < 4.78 is 0. The summed E-state index contributed by atoms with van der Waals surface area (Å²) in [6.45, 7) is 8.13. The predicted molar refractivity (Wildman–Crippen MR) is 91.2 cm³/mol. The molecule has 0 unspecified atom stereocenters. The lowest BCUT2D eigenvalue weighted by Gasteiger charge is -2.18. The zero-order valence-corrected chi connectivity index (χ0v) is 14.1. The minimum absolute atomic E-state index is 0.0337. The fourth-order valence-corrected chi connectivity index (χ4v) is 2.85. The van der Waals surface area contributed by atoms with Gasteiger partial charge in [-0.25, -0.2) is 9.97 Å². The molecule has 0 saturated carbocycles. The van der Waals surface area contributed by atoms with Crippen molar-refractivity contribution in [3.63, 3.8) is 0 Å². The van der Waals surface area contributed by atoms with Gasteiger partial charge in [-0.2, -0.15) is 0 Å². The summed E-state index contributed by atoms with van der Waals surface area (Å²) in [5.74, 6) is 0.323. The van der Waals surface area contributed by atoms with Crippen molar-refractivity contribution < 1.29 is 4.79 Å². The fourth-order valence-electron chi connectivity index (χ4n) is 2.13. The lowest BCUT2D eigenvalue weighted by molar-refractivity contribution is -0.115. The van der Waals surface area contributed by atoms with E-state index in [1.54, 1.807) is 18.5 Å². The van der Waals surface area contributed by atoms with Gasteiger partial charge in [0, 0.05) is 18.1 Å². The van der Waals surface area contributed by atoms with E-state index in [0.29, 0.717) is 11.1 Å². The van der Waals surface area contributed by atoms with Crippen LogP contribution < -0.4 is 5.32 Å². The Morgan fingerprint density at radius 1 is 1.14 bits per heavy atom. The Morgan fingerprint density at radius 3 is 2.45 bits per heavy atom. The van der Waals surface area contributed by atoms with E-state index in [4.69, 9.17) is 0 Å². The number of hydrogen-bond donors (Lipinski definition) is 1. The number of amides is 1. The molecule has 1 aromatic heterocycles. The number of nitrogens with one attached hydrogen (secondary N) is 1. The Balaban J connectivity index is 2.12. The van der Waals surface area contributed by atoms with Gasteiger partial charge in [0.05, 0.1) is 5.25 Å². The molecule has 0 saturated heterocycles. The van der Waals surface area contributed by atoms with Crippen LogP contribution in [-0.2, 0) is 4.79 Å². The second-order valence-corrected chi connectivity index (χ2v) is 6.78. The van der Waals surface area contributed by atoms with Crippen molar-refractivity contribution in [3.8, 4) is 0 Å². The molecule has 5 heteroatoms. The Bertz CT molecular complexity index is 644. The van der Waals surface area contributed by atoms with Crippen LogP contribution in [0.2, 0.25) is 0 Å². The predicted octanol–water partition coefficient (Wildman–Crippen LogP) is 4.03. The summed E-state index contributed by atoms with van der Waals surface area (Å²) in [6.07, 6.45) is 3.36. The van der Waals surface area contributed by atoms with Crippen LogP contribution in [0.15, 0.2) is 41.8 Å². The SMILES string of the molecule is Cc1cccc(C(C)C)c1NC(=O)[C@H](C)Sc1ncccn1. The molecule has 0 radical (unpaired) electrons. The normalized spacial score (nSPS) is 12.2. The van der Waals surface area contributed by atoms with E-state index in [1.807, 2.05) is 26.0 Å². The zero-order chi connectivity index (χ0) is 16.1. The molecular formula is C17H21N3OS. The first-order valence-corrected chi connectivity index (χ1v) is 8.21. The van der Waals surface area contributed by atoms with Gasteiger partial charge in [-0.05, 0) is 37.0 Å². The molecule has 2 aromatic rings. The third-order valence-electron chi connectivity index (χ3n) is 3.37. The lowest BCUT2D eigenvalue weighted by Crippen LogP contribution is -2.24. The van der Waals surface area contributed by atoms with Gasteiger partial charge in [0.2, 0.25) is 5.91 Å². The average Bonchev–Trinajstić information content (AvgIpc) is 2.49. The zero-order valence-electron chi connectivity index (χ0n) is 13.3. The molecule has 1 N–H and O–H groups in total. The maximum absolute atomic E-state index is 12.5. The van der Waals surface area contributed by atoms with Gasteiger partial charge in [0.25, 0.3) is 0 Å². The van der Waals surface area contributed by atoms with E-state index in [9.17, 15) is 4.79 Å². The summed E-state index contributed by atoms with van der Waals surface area (Å²) in [6, 6.07) is 7.86. The average molecular weight is 315 g/mol. The number of nitrogens with zero attached hydrogens (tertiary/aromatic N) is 2. The summed E-state index contributed by atoms with van der Waals surface area (Å²) in [4.78, 5) is 20.7. The standard InChI is InChI=1S/C17H21N3OS/c1-11(2)14-8-5-7-12(3)15(14)20-16(21)13(4)22-17-18-9-6-10-19-17/h5-11,13H,1-4H3,(H,20,21)/t13-/m0/s1. The molecule has 1 heterocycles. The van der Waals surface area contributed by atoms with Gasteiger partial charge in [0.15, 0.2) is 5.16 Å². The molecule has 22 heavy (non-hydrogen) atoms. The molecule has 2 rings (SSSR count). The lowest BCUT2D eigenvalue weighted by atomic mass is 9.98. The van der Waals surface area contributed by atoms with Crippen LogP contribution in [0.3, 0.4) is 0 Å². The van der Waals surface area contributed by atoms with Crippen molar-refractivity contribution in [3.05, 3.63) is 47.8 Å². The van der Waals surface area contributed by atoms with Crippen molar-refractivity contribution >= 4 is 23.4 Å². The maximum Gasteiger partial charge on any atom is 0.237 e. The Kier molecular flexibility index (Phi) is 5.55. The fraction of sp³-hybridized carbons (Fsp3) is 0.353. The number of aryl methyl sites for hydroxylation is 1. The van der Waals surface area contributed by atoms with E-state index >= 15 is 0 Å². The van der Waals surface area contributed by atoms with Gasteiger partial charge >= 0.3 is 0 Å². The van der Waals surface area contributed by atoms with Crippen LogP contribution in [-0.4, -0.2) is 21.1 Å². The van der Waals surface area contributed by atoms with Gasteiger partial charge in [-0.1, -0.05) is 43.8 Å². The highest BCUT2D eigenvalue weighted by Crippen LogP contribution is 2.28. The number of para-hydroxylation sites is 1. The Labute approximate surface area is 135 Å². The van der Waals surface area contributed by atoms with Crippen molar-refractivity contribution in [2.24, 2.45) is 0 Å². The number of benzene rings is 1. The minimum atomic E-state index is -0.262. The molecule has 0 bridgehead atoms. The Morgan fingerprint density at radius 2 is 1.82 bits per heavy atom. The summed E-state index contributed by atoms with van der Waals surface area (Å²) in [5, 5.41) is 3.41. The molecule has 0 aliphatic heterocycles. The quantitative estimate of drug-likeness (QED) is 0.668. The van der Waals surface area contributed by atoms with Crippen molar-refractivity contribution in [2.75, 3.05) is 5.32 Å². The molecule has 0 fully saturated rings. The molecule has 1 amide bonds. The number of aromatic nitrogens is 2. The van der Waals surface area contributed by atoms with E-state index in [2.05, 4.69) is 35.2 Å². The van der Waals surface area contributed by atoms with Gasteiger partial charge in [-0.15, -0.1) is 0 Å². The first-order chi connectivity index (χ1) is 10.5. The number of carbonyl (C=O) groups is 1. The molecule has 0 aliphatic rings. The van der Waals surface area contributed by atoms with Gasteiger partial charge in [0.1, 0.15) is 0 Å². The maximum atomic E-state index is 12.5. The molecule has 0 aliphatic carbocycles. The van der Waals surface area contributed by atoms with Crippen LogP contribution in [0.4, 0.5) is 5.69 Å². The highest BCUT2D eigenvalue weighted by molar-refractivity contribution is 8.00. The smallest absolute Gasteiger partial charge is 0.237 e. The van der Waals surface area contributed by atoms with Crippen LogP contribution in [0.1, 0.15) is 37.8 Å². The van der Waals surface area contributed by atoms with E-state index in [-0.39, 0.29) is 11.2 Å². The first-order valence-electron chi connectivity index (χ1n) is 7.33. The second-order valence-electron chi connectivity index (χ2n) is 5.47. The number of hydrogen-bond acceptors (Lipinski definition) is 4.